The smallest absolute Gasteiger partial charge is 0.0882 e. The lowest BCUT2D eigenvalue weighted by atomic mass is 10.4. The molecule has 0 aliphatic rings. The summed E-state index contributed by atoms with van der Waals surface area (Å²) in [6.45, 7) is 8.20. The van der Waals surface area contributed by atoms with Crippen LogP contribution in [0.4, 0.5) is 0 Å². The van der Waals surface area contributed by atoms with E-state index in [0.717, 1.165) is 5.33 Å². The van der Waals surface area contributed by atoms with Gasteiger partial charge in [0.15, 0.2) is 0 Å². The Morgan fingerprint density at radius 2 is 1.67 bits per heavy atom. The zero-order chi connectivity index (χ0) is 7.33. The second-order valence-electron chi connectivity index (χ2n) is 2.66. The number of halogens is 1. The van der Waals surface area contributed by atoms with Gasteiger partial charge in [0.25, 0.3) is 0 Å². The second kappa shape index (κ2) is 4.29. The summed E-state index contributed by atoms with van der Waals surface area (Å²) < 4.78 is 1.19. The molecule has 2 heteroatoms. The molecule has 0 aromatic heterocycles. The van der Waals surface area contributed by atoms with Crippen molar-refractivity contribution in [3.05, 3.63) is 0 Å². The van der Waals surface area contributed by atoms with E-state index < -0.39 is 0 Å². The molecule has 0 N–H and O–H groups in total. The van der Waals surface area contributed by atoms with Crippen LogP contribution in [-0.4, -0.2) is 36.5 Å². The van der Waals surface area contributed by atoms with Crippen LogP contribution in [0, 0.1) is 0 Å². The molecule has 0 heterocycles. The van der Waals surface area contributed by atoms with Crippen molar-refractivity contribution in [3.63, 3.8) is 0 Å². The van der Waals surface area contributed by atoms with Crippen LogP contribution in [0.25, 0.3) is 0 Å². The molecule has 0 bridgehead atoms. The van der Waals surface area contributed by atoms with E-state index in [1.165, 1.54) is 24.1 Å². The minimum atomic E-state index is 1.12. The van der Waals surface area contributed by atoms with Crippen LogP contribution >= 0.6 is 15.9 Å². The molecule has 0 amide bonds. The quantitative estimate of drug-likeness (QED) is 0.474. The van der Waals surface area contributed by atoms with Crippen molar-refractivity contribution < 1.29 is 4.48 Å². The van der Waals surface area contributed by atoms with E-state index in [4.69, 9.17) is 0 Å². The van der Waals surface area contributed by atoms with Gasteiger partial charge in [-0.2, -0.15) is 0 Å². The van der Waals surface area contributed by atoms with E-state index in [-0.39, 0.29) is 0 Å². The van der Waals surface area contributed by atoms with E-state index in [0.29, 0.717) is 0 Å². The summed E-state index contributed by atoms with van der Waals surface area (Å²) in [5, 5.41) is 1.12. The number of quaternary nitrogens is 1. The molecule has 0 radical (unpaired) electrons. The van der Waals surface area contributed by atoms with Gasteiger partial charge in [-0.3, -0.25) is 0 Å². The first-order valence-electron chi connectivity index (χ1n) is 3.58. The Kier molecular flexibility index (Phi) is 4.50. The molecule has 0 saturated carbocycles. The van der Waals surface area contributed by atoms with Crippen molar-refractivity contribution in [3.8, 4) is 0 Å². The normalized spacial score (nSPS) is 12.0. The van der Waals surface area contributed by atoms with Crippen molar-refractivity contribution in [2.75, 3.05) is 32.0 Å². The van der Waals surface area contributed by atoms with Crippen molar-refractivity contribution in [1.82, 2.24) is 0 Å². The summed E-state index contributed by atoms with van der Waals surface area (Å²) in [6, 6.07) is 0. The second-order valence-corrected chi connectivity index (χ2v) is 3.46. The molecule has 0 unspecified atom stereocenters. The largest absolute Gasteiger partial charge is 0.326 e. The standard InChI is InChI=1S/C7H17BrN/c1-4-9(3,5-2)7-6-8/h4-7H2,1-3H3/q+1. The zero-order valence-corrected chi connectivity index (χ0v) is 8.24. The Morgan fingerprint density at radius 3 is 1.78 bits per heavy atom. The van der Waals surface area contributed by atoms with Crippen LogP contribution < -0.4 is 0 Å². The molecule has 0 atom stereocenters. The number of hydrogen-bond donors (Lipinski definition) is 0. The maximum Gasteiger partial charge on any atom is 0.0882 e. The molecule has 0 saturated heterocycles. The summed E-state index contributed by atoms with van der Waals surface area (Å²) in [4.78, 5) is 0. The molecule has 0 spiro atoms. The Balaban J connectivity index is 3.62. The summed E-state index contributed by atoms with van der Waals surface area (Å²) in [7, 11) is 2.29. The van der Waals surface area contributed by atoms with Gasteiger partial charge in [-0.25, -0.2) is 0 Å². The number of alkyl halides is 1. The molecule has 0 fully saturated rings. The number of rotatable bonds is 4. The van der Waals surface area contributed by atoms with Gasteiger partial charge in [-0.1, -0.05) is 15.9 Å². The summed E-state index contributed by atoms with van der Waals surface area (Å²) >= 11 is 3.45. The number of nitrogens with zero attached hydrogens (tertiary/aromatic N) is 1. The SMILES string of the molecule is CC[N+](C)(CC)CCBr. The van der Waals surface area contributed by atoms with Crippen molar-refractivity contribution in [2.45, 2.75) is 13.8 Å². The minimum Gasteiger partial charge on any atom is -0.326 e. The maximum atomic E-state index is 3.45. The van der Waals surface area contributed by atoms with Crippen LogP contribution in [0.2, 0.25) is 0 Å². The summed E-state index contributed by atoms with van der Waals surface area (Å²) in [5.41, 5.74) is 0. The highest BCUT2D eigenvalue weighted by molar-refractivity contribution is 9.09. The van der Waals surface area contributed by atoms with Crippen LogP contribution in [0.15, 0.2) is 0 Å². The van der Waals surface area contributed by atoms with Crippen LogP contribution in [0.5, 0.6) is 0 Å². The van der Waals surface area contributed by atoms with Crippen LogP contribution in [0.1, 0.15) is 13.8 Å². The molecule has 0 aromatic rings. The van der Waals surface area contributed by atoms with Gasteiger partial charge in [0, 0.05) is 0 Å². The molecule has 0 aromatic carbocycles. The molecular weight excluding hydrogens is 178 g/mol. The summed E-state index contributed by atoms with van der Waals surface area (Å²) in [6.07, 6.45) is 0. The predicted octanol–water partition coefficient (Wildman–Crippen LogP) is 1.87. The highest BCUT2D eigenvalue weighted by Crippen LogP contribution is 2.01. The third-order valence-corrected chi connectivity index (χ3v) is 2.51. The highest BCUT2D eigenvalue weighted by Gasteiger charge is 2.13. The Morgan fingerprint density at radius 1 is 1.22 bits per heavy atom. The van der Waals surface area contributed by atoms with Crippen molar-refractivity contribution in [1.29, 1.82) is 0 Å². The lowest BCUT2D eigenvalue weighted by Gasteiger charge is -2.31. The first kappa shape index (κ1) is 9.44. The molecule has 0 rings (SSSR count). The van der Waals surface area contributed by atoms with Crippen molar-refractivity contribution >= 4 is 15.9 Å². The topological polar surface area (TPSA) is 0 Å². The van der Waals surface area contributed by atoms with Crippen LogP contribution in [-0.2, 0) is 0 Å². The lowest BCUT2D eigenvalue weighted by Crippen LogP contribution is -2.44. The monoisotopic (exact) mass is 194 g/mol. The van der Waals surface area contributed by atoms with Crippen LogP contribution in [0.3, 0.4) is 0 Å². The van der Waals surface area contributed by atoms with Gasteiger partial charge in [0.2, 0.25) is 0 Å². The van der Waals surface area contributed by atoms with E-state index >= 15 is 0 Å². The fourth-order valence-corrected chi connectivity index (χ4v) is 1.60. The van der Waals surface area contributed by atoms with Gasteiger partial charge in [-0.15, -0.1) is 0 Å². The zero-order valence-electron chi connectivity index (χ0n) is 6.65. The minimum absolute atomic E-state index is 1.12. The third kappa shape index (κ3) is 3.21. The maximum absolute atomic E-state index is 3.45. The number of hydrogen-bond acceptors (Lipinski definition) is 0. The third-order valence-electron chi connectivity index (χ3n) is 2.15. The highest BCUT2D eigenvalue weighted by atomic mass is 79.9. The lowest BCUT2D eigenvalue weighted by molar-refractivity contribution is -0.903. The Bertz CT molecular complexity index is 69.3. The fraction of sp³-hybridized carbons (Fsp3) is 1.00. The first-order chi connectivity index (χ1) is 4.18. The molecular formula is C7H17BrN+. The van der Waals surface area contributed by atoms with Gasteiger partial charge < -0.3 is 4.48 Å². The average molecular weight is 195 g/mol. The molecule has 56 valence electrons. The van der Waals surface area contributed by atoms with Crippen molar-refractivity contribution in [2.24, 2.45) is 0 Å². The van der Waals surface area contributed by atoms with Gasteiger partial charge >= 0.3 is 0 Å². The molecule has 1 nitrogen and oxygen atoms in total. The van der Waals surface area contributed by atoms with E-state index in [2.05, 4.69) is 36.8 Å². The van der Waals surface area contributed by atoms with E-state index in [1.807, 2.05) is 0 Å². The van der Waals surface area contributed by atoms with E-state index in [1.54, 1.807) is 0 Å². The fourth-order valence-electron chi connectivity index (χ4n) is 0.744. The van der Waals surface area contributed by atoms with Gasteiger partial charge in [-0.05, 0) is 13.8 Å². The predicted molar refractivity (Wildman–Crippen MR) is 45.9 cm³/mol. The summed E-state index contributed by atoms with van der Waals surface area (Å²) in [5.74, 6) is 0. The van der Waals surface area contributed by atoms with Gasteiger partial charge in [0.05, 0.1) is 32.0 Å². The molecule has 0 aliphatic carbocycles. The average Bonchev–Trinajstić information content (AvgIpc) is 1.89. The molecule has 9 heavy (non-hydrogen) atoms. The molecule has 0 aliphatic heterocycles. The Hall–Kier alpha value is 0.440. The Labute approximate surface area is 66.8 Å². The van der Waals surface area contributed by atoms with Gasteiger partial charge in [0.1, 0.15) is 0 Å². The first-order valence-corrected chi connectivity index (χ1v) is 4.70. The van der Waals surface area contributed by atoms with E-state index in [9.17, 15) is 0 Å².